The summed E-state index contributed by atoms with van der Waals surface area (Å²) in [5.74, 6) is -0.321. The van der Waals surface area contributed by atoms with Gasteiger partial charge in [0.15, 0.2) is 5.78 Å². The van der Waals surface area contributed by atoms with Crippen LogP contribution in [0.25, 0.3) is 0 Å². The summed E-state index contributed by atoms with van der Waals surface area (Å²) in [6.07, 6.45) is -0.664. The second-order valence-corrected chi connectivity index (χ2v) is 8.55. The molecule has 0 heterocycles. The van der Waals surface area contributed by atoms with Gasteiger partial charge in [0, 0.05) is 19.0 Å². The van der Waals surface area contributed by atoms with Crippen LogP contribution in [0.5, 0.6) is 0 Å². The first kappa shape index (κ1) is 21.3. The van der Waals surface area contributed by atoms with Gasteiger partial charge >= 0.3 is 0 Å². The van der Waals surface area contributed by atoms with E-state index in [0.717, 1.165) is 0 Å². The molecule has 0 bridgehead atoms. The Morgan fingerprint density at radius 2 is 1.30 bits per heavy atom. The molecule has 3 nitrogen and oxygen atoms in total. The van der Waals surface area contributed by atoms with E-state index in [1.165, 1.54) is 11.1 Å². The fraction of sp³-hybridized carbons (Fsp3) is 0.458. The molecule has 3 atom stereocenters. The molecule has 0 aliphatic heterocycles. The maximum Gasteiger partial charge on any atom is 0.155 e. The highest BCUT2D eigenvalue weighted by Gasteiger charge is 2.35. The molecular formula is C24H33NO2. The highest BCUT2D eigenvalue weighted by atomic mass is 16.3. The second-order valence-electron chi connectivity index (χ2n) is 8.55. The van der Waals surface area contributed by atoms with Gasteiger partial charge in [0.05, 0.1) is 12.1 Å². The van der Waals surface area contributed by atoms with Crippen molar-refractivity contribution in [1.29, 1.82) is 0 Å². The summed E-state index contributed by atoms with van der Waals surface area (Å²) < 4.78 is 0. The van der Waals surface area contributed by atoms with E-state index in [9.17, 15) is 9.90 Å². The van der Waals surface area contributed by atoms with Crippen LogP contribution in [0.1, 0.15) is 45.7 Å². The average molecular weight is 368 g/mol. The number of hydrogen-bond donors (Lipinski definition) is 1. The predicted molar refractivity (Wildman–Crippen MR) is 111 cm³/mol. The van der Waals surface area contributed by atoms with Gasteiger partial charge < -0.3 is 5.11 Å². The van der Waals surface area contributed by atoms with Gasteiger partial charge in [-0.3, -0.25) is 9.69 Å². The van der Waals surface area contributed by atoms with Crippen molar-refractivity contribution < 1.29 is 9.90 Å². The first-order chi connectivity index (χ1) is 12.7. The van der Waals surface area contributed by atoms with Crippen molar-refractivity contribution in [2.45, 2.75) is 59.9 Å². The number of benzene rings is 2. The van der Waals surface area contributed by atoms with Gasteiger partial charge in [-0.25, -0.2) is 0 Å². The van der Waals surface area contributed by atoms with Crippen LogP contribution < -0.4 is 0 Å². The molecule has 0 radical (unpaired) electrons. The standard InChI is InChI=1S/C24H33NO2/c1-18(23(27)24(3,4)5)22(26)19(2)25(16-20-12-8-6-9-13-20)17-21-14-10-7-11-15-21/h6-15,18-19,23,27H,16-17H2,1-5H3/t18-,19-,23-/m0/s1. The van der Waals surface area contributed by atoms with Gasteiger partial charge in [-0.2, -0.15) is 0 Å². The number of ketones is 1. The van der Waals surface area contributed by atoms with Crippen LogP contribution in [0, 0.1) is 11.3 Å². The van der Waals surface area contributed by atoms with Crippen LogP contribution in [-0.4, -0.2) is 27.9 Å². The molecule has 146 valence electrons. The number of carbonyl (C=O) groups is 1. The lowest BCUT2D eigenvalue weighted by molar-refractivity contribution is -0.133. The van der Waals surface area contributed by atoms with Crippen molar-refractivity contribution in [3.05, 3.63) is 71.8 Å². The summed E-state index contributed by atoms with van der Waals surface area (Å²) in [6.45, 7) is 11.1. The van der Waals surface area contributed by atoms with Crippen molar-refractivity contribution >= 4 is 5.78 Å². The molecule has 2 aromatic rings. The zero-order valence-corrected chi connectivity index (χ0v) is 17.2. The zero-order valence-electron chi connectivity index (χ0n) is 17.2. The van der Waals surface area contributed by atoms with E-state index in [1.807, 2.05) is 71.0 Å². The molecule has 0 aromatic heterocycles. The number of aliphatic hydroxyl groups is 1. The molecule has 0 spiro atoms. The van der Waals surface area contributed by atoms with E-state index in [-0.39, 0.29) is 17.2 Å². The molecule has 2 rings (SSSR count). The fourth-order valence-electron chi connectivity index (χ4n) is 3.43. The Morgan fingerprint density at radius 1 is 0.889 bits per heavy atom. The largest absolute Gasteiger partial charge is 0.392 e. The van der Waals surface area contributed by atoms with Crippen molar-refractivity contribution in [2.75, 3.05) is 0 Å². The Bertz CT molecular complexity index is 665. The van der Waals surface area contributed by atoms with Crippen LogP contribution in [-0.2, 0) is 17.9 Å². The Kier molecular flexibility index (Phi) is 7.34. The Labute approximate surface area is 164 Å². The maximum atomic E-state index is 13.2. The predicted octanol–water partition coefficient (Wildman–Crippen LogP) is 4.69. The quantitative estimate of drug-likeness (QED) is 0.736. The zero-order chi connectivity index (χ0) is 20.0. The van der Waals surface area contributed by atoms with Crippen LogP contribution in [0.2, 0.25) is 0 Å². The minimum atomic E-state index is -0.664. The van der Waals surface area contributed by atoms with E-state index in [2.05, 4.69) is 29.2 Å². The molecule has 2 aromatic carbocycles. The molecular weight excluding hydrogens is 334 g/mol. The maximum absolute atomic E-state index is 13.2. The van der Waals surface area contributed by atoms with Crippen molar-refractivity contribution in [3.63, 3.8) is 0 Å². The fourth-order valence-corrected chi connectivity index (χ4v) is 3.43. The number of Topliss-reactive ketones (excluding diaryl/α,β-unsaturated/α-hetero) is 1. The van der Waals surface area contributed by atoms with Gasteiger partial charge in [-0.15, -0.1) is 0 Å². The van der Waals surface area contributed by atoms with Gasteiger partial charge in [0.25, 0.3) is 0 Å². The summed E-state index contributed by atoms with van der Waals surface area (Å²) in [4.78, 5) is 15.3. The van der Waals surface area contributed by atoms with Crippen molar-refractivity contribution in [3.8, 4) is 0 Å². The lowest BCUT2D eigenvalue weighted by Crippen LogP contribution is -2.46. The van der Waals surface area contributed by atoms with E-state index < -0.39 is 12.0 Å². The first-order valence-electron chi connectivity index (χ1n) is 9.74. The molecule has 0 fully saturated rings. The van der Waals surface area contributed by atoms with Gasteiger partial charge in [-0.1, -0.05) is 88.4 Å². The Morgan fingerprint density at radius 3 is 1.67 bits per heavy atom. The van der Waals surface area contributed by atoms with E-state index in [1.54, 1.807) is 0 Å². The summed E-state index contributed by atoms with van der Waals surface area (Å²) in [6, 6.07) is 20.2. The summed E-state index contributed by atoms with van der Waals surface area (Å²) in [5.41, 5.74) is 2.03. The lowest BCUT2D eigenvalue weighted by atomic mass is 9.79. The monoisotopic (exact) mass is 367 g/mol. The molecule has 27 heavy (non-hydrogen) atoms. The summed E-state index contributed by atoms with van der Waals surface area (Å²) >= 11 is 0. The smallest absolute Gasteiger partial charge is 0.155 e. The van der Waals surface area contributed by atoms with E-state index in [4.69, 9.17) is 0 Å². The molecule has 0 aliphatic rings. The third-order valence-corrected chi connectivity index (χ3v) is 5.23. The topological polar surface area (TPSA) is 40.5 Å². The summed E-state index contributed by atoms with van der Waals surface area (Å²) in [5, 5.41) is 10.6. The van der Waals surface area contributed by atoms with Crippen molar-refractivity contribution in [1.82, 2.24) is 4.90 Å². The molecule has 0 amide bonds. The highest BCUT2D eigenvalue weighted by molar-refractivity contribution is 5.86. The normalized spacial score (nSPS) is 15.4. The molecule has 3 heteroatoms. The molecule has 0 saturated carbocycles. The number of aliphatic hydroxyl groups excluding tert-OH is 1. The van der Waals surface area contributed by atoms with Crippen molar-refractivity contribution in [2.24, 2.45) is 11.3 Å². The van der Waals surface area contributed by atoms with Crippen LogP contribution >= 0.6 is 0 Å². The van der Waals surface area contributed by atoms with E-state index >= 15 is 0 Å². The van der Waals surface area contributed by atoms with Crippen LogP contribution in [0.3, 0.4) is 0 Å². The Hall–Kier alpha value is -1.97. The van der Waals surface area contributed by atoms with Gasteiger partial charge in [-0.05, 0) is 23.5 Å². The van der Waals surface area contributed by atoms with Crippen LogP contribution in [0.15, 0.2) is 60.7 Å². The number of carbonyl (C=O) groups excluding carboxylic acids is 1. The molecule has 0 unspecified atom stereocenters. The minimum Gasteiger partial charge on any atom is -0.392 e. The number of rotatable bonds is 8. The second kappa shape index (κ2) is 9.29. The number of hydrogen-bond acceptors (Lipinski definition) is 3. The third-order valence-electron chi connectivity index (χ3n) is 5.23. The lowest BCUT2D eigenvalue weighted by Gasteiger charge is -2.35. The third kappa shape index (κ3) is 6.02. The average Bonchev–Trinajstić information content (AvgIpc) is 2.66. The Balaban J connectivity index is 2.21. The van der Waals surface area contributed by atoms with Gasteiger partial charge in [0.1, 0.15) is 0 Å². The van der Waals surface area contributed by atoms with Gasteiger partial charge in [0.2, 0.25) is 0 Å². The van der Waals surface area contributed by atoms with E-state index in [0.29, 0.717) is 13.1 Å². The minimum absolute atomic E-state index is 0.0873. The molecule has 0 saturated heterocycles. The first-order valence-corrected chi connectivity index (χ1v) is 9.74. The SMILES string of the molecule is C[C@@H](C(=O)[C@H](C)N(Cc1ccccc1)Cc1ccccc1)[C@H](O)C(C)(C)C. The summed E-state index contributed by atoms with van der Waals surface area (Å²) in [7, 11) is 0. The molecule has 1 N–H and O–H groups in total. The highest BCUT2D eigenvalue weighted by Crippen LogP contribution is 2.27. The molecule has 0 aliphatic carbocycles. The van der Waals surface area contributed by atoms with Crippen LogP contribution in [0.4, 0.5) is 0 Å². The number of nitrogens with zero attached hydrogens (tertiary/aromatic N) is 1.